The molecule has 0 N–H and O–H groups in total. The zero-order valence-electron chi connectivity index (χ0n) is 9.40. The zero-order chi connectivity index (χ0) is 11.4. The fourth-order valence-corrected chi connectivity index (χ4v) is 1.58. The van der Waals surface area contributed by atoms with Gasteiger partial charge in [0.1, 0.15) is 5.75 Å². The molecule has 0 aliphatic rings. The van der Waals surface area contributed by atoms with Crippen molar-refractivity contribution in [3.05, 3.63) is 42.4 Å². The van der Waals surface area contributed by atoms with E-state index in [1.165, 1.54) is 0 Å². The molecule has 1 aromatic heterocycles. The van der Waals surface area contributed by atoms with E-state index < -0.39 is 0 Å². The van der Waals surface area contributed by atoms with Gasteiger partial charge in [-0.25, -0.2) is 9.97 Å². The summed E-state index contributed by atoms with van der Waals surface area (Å²) in [6, 6.07) is 7.84. The first kappa shape index (κ1) is 10.6. The monoisotopic (exact) mass is 213 g/mol. The third kappa shape index (κ3) is 2.03. The topological polar surface area (TPSA) is 35.0 Å². The van der Waals surface area contributed by atoms with E-state index in [0.29, 0.717) is 0 Å². The van der Waals surface area contributed by atoms with Crippen LogP contribution in [0, 0.1) is 6.33 Å². The highest BCUT2D eigenvalue weighted by Gasteiger charge is 2.05. The lowest BCUT2D eigenvalue weighted by molar-refractivity contribution is 0.415. The molecule has 0 aliphatic carbocycles. The second-order valence-electron chi connectivity index (χ2n) is 3.43. The summed E-state index contributed by atoms with van der Waals surface area (Å²) in [5.74, 6) is 0.847. The van der Waals surface area contributed by atoms with Gasteiger partial charge >= 0.3 is 0 Å². The molecule has 0 fully saturated rings. The number of nitrogens with zero attached hydrogens (tertiary/aromatic N) is 2. The molecule has 0 aliphatic heterocycles. The van der Waals surface area contributed by atoms with E-state index in [1.54, 1.807) is 7.11 Å². The van der Waals surface area contributed by atoms with E-state index in [9.17, 15) is 0 Å². The van der Waals surface area contributed by atoms with Crippen molar-refractivity contribution < 1.29 is 4.74 Å². The largest absolute Gasteiger partial charge is 0.497 e. The number of rotatable bonds is 3. The highest BCUT2D eigenvalue weighted by atomic mass is 16.5. The van der Waals surface area contributed by atoms with Gasteiger partial charge in [0.2, 0.25) is 0 Å². The fraction of sp³-hybridized carbons (Fsp3) is 0.231. The average molecular weight is 213 g/mol. The summed E-state index contributed by atoms with van der Waals surface area (Å²) >= 11 is 0. The number of benzene rings is 1. The summed E-state index contributed by atoms with van der Waals surface area (Å²) in [6.45, 7) is 2.09. The Bertz CT molecular complexity index is 466. The predicted molar refractivity (Wildman–Crippen MR) is 62.2 cm³/mol. The maximum Gasteiger partial charge on any atom is 0.198 e. The maximum atomic E-state index is 5.12. The van der Waals surface area contributed by atoms with E-state index in [1.807, 2.05) is 30.5 Å². The number of aromatic nitrogens is 2. The molecule has 16 heavy (non-hydrogen) atoms. The molecule has 0 saturated carbocycles. The van der Waals surface area contributed by atoms with Crippen molar-refractivity contribution >= 4 is 0 Å². The Morgan fingerprint density at radius 2 is 2.00 bits per heavy atom. The standard InChI is InChI=1S/C13H13N2O/c1-3-10-8-14-9-15-13(10)11-4-6-12(16-2)7-5-11/h4-8H,3H2,1-2H3. The van der Waals surface area contributed by atoms with E-state index >= 15 is 0 Å². The zero-order valence-corrected chi connectivity index (χ0v) is 9.40. The Labute approximate surface area is 95.1 Å². The summed E-state index contributed by atoms with van der Waals surface area (Å²) < 4.78 is 5.12. The van der Waals surface area contributed by atoms with E-state index in [4.69, 9.17) is 4.74 Å². The van der Waals surface area contributed by atoms with Crippen molar-refractivity contribution in [1.29, 1.82) is 0 Å². The average Bonchev–Trinajstić information content (AvgIpc) is 2.39. The first-order chi connectivity index (χ1) is 7.85. The van der Waals surface area contributed by atoms with Crippen LogP contribution >= 0.6 is 0 Å². The molecule has 0 unspecified atom stereocenters. The fourth-order valence-electron chi connectivity index (χ4n) is 1.58. The molecule has 3 nitrogen and oxygen atoms in total. The van der Waals surface area contributed by atoms with Crippen LogP contribution < -0.4 is 4.74 Å². The molecule has 1 aromatic carbocycles. The van der Waals surface area contributed by atoms with Crippen LogP contribution in [0.5, 0.6) is 5.75 Å². The lowest BCUT2D eigenvalue weighted by Crippen LogP contribution is -1.93. The van der Waals surface area contributed by atoms with Gasteiger partial charge in [-0.05, 0) is 36.2 Å². The molecule has 2 aromatic rings. The van der Waals surface area contributed by atoms with Gasteiger partial charge in [-0.15, -0.1) is 0 Å². The van der Waals surface area contributed by atoms with Crippen LogP contribution in [0.1, 0.15) is 12.5 Å². The molecule has 0 saturated heterocycles. The van der Waals surface area contributed by atoms with Gasteiger partial charge in [-0.1, -0.05) is 6.92 Å². The summed E-state index contributed by atoms with van der Waals surface area (Å²) in [5.41, 5.74) is 3.14. The van der Waals surface area contributed by atoms with Crippen molar-refractivity contribution in [3.63, 3.8) is 0 Å². The van der Waals surface area contributed by atoms with Crippen LogP contribution in [0.4, 0.5) is 0 Å². The number of ether oxygens (including phenoxy) is 1. The minimum absolute atomic E-state index is 0.847. The third-order valence-electron chi connectivity index (χ3n) is 2.49. The molecule has 0 bridgehead atoms. The summed E-state index contributed by atoms with van der Waals surface area (Å²) in [6.07, 6.45) is 5.36. The van der Waals surface area contributed by atoms with Crippen molar-refractivity contribution in [1.82, 2.24) is 9.97 Å². The molecule has 81 valence electrons. The van der Waals surface area contributed by atoms with E-state index in [0.717, 1.165) is 29.0 Å². The first-order valence-electron chi connectivity index (χ1n) is 5.21. The Balaban J connectivity index is 2.42. The van der Waals surface area contributed by atoms with Gasteiger partial charge in [0, 0.05) is 11.8 Å². The molecule has 2 rings (SSSR count). The van der Waals surface area contributed by atoms with Crippen LogP contribution in [0.15, 0.2) is 30.5 Å². The molecule has 3 heteroatoms. The summed E-state index contributed by atoms with van der Waals surface area (Å²) in [5, 5.41) is 0. The Morgan fingerprint density at radius 3 is 2.62 bits per heavy atom. The normalized spacial score (nSPS) is 10.1. The molecule has 0 atom stereocenters. The molecule has 1 heterocycles. The summed E-state index contributed by atoms with van der Waals surface area (Å²) in [7, 11) is 1.66. The number of hydrogen-bond donors (Lipinski definition) is 0. The van der Waals surface area contributed by atoms with Gasteiger partial charge in [0.25, 0.3) is 0 Å². The SMILES string of the molecule is CCc1cn[c]nc1-c1ccc(OC)cc1. The maximum absolute atomic E-state index is 5.12. The van der Waals surface area contributed by atoms with Gasteiger partial charge in [-0.2, -0.15) is 0 Å². The van der Waals surface area contributed by atoms with E-state index in [-0.39, 0.29) is 0 Å². The first-order valence-corrected chi connectivity index (χ1v) is 5.21. The molecule has 0 spiro atoms. The molecule has 0 amide bonds. The Hall–Kier alpha value is -1.90. The minimum Gasteiger partial charge on any atom is -0.497 e. The van der Waals surface area contributed by atoms with Crippen LogP contribution in [-0.4, -0.2) is 17.1 Å². The minimum atomic E-state index is 0.847. The molecule has 1 radical (unpaired) electrons. The molecular weight excluding hydrogens is 200 g/mol. The van der Waals surface area contributed by atoms with E-state index in [2.05, 4.69) is 23.2 Å². The quantitative estimate of drug-likeness (QED) is 0.785. The third-order valence-corrected chi connectivity index (χ3v) is 2.49. The number of hydrogen-bond acceptors (Lipinski definition) is 3. The van der Waals surface area contributed by atoms with Crippen LogP contribution in [0.2, 0.25) is 0 Å². The van der Waals surface area contributed by atoms with Crippen molar-refractivity contribution in [2.45, 2.75) is 13.3 Å². The number of aryl methyl sites for hydroxylation is 1. The van der Waals surface area contributed by atoms with Crippen LogP contribution in [0.3, 0.4) is 0 Å². The second kappa shape index (κ2) is 4.75. The van der Waals surface area contributed by atoms with Crippen molar-refractivity contribution in [2.24, 2.45) is 0 Å². The lowest BCUT2D eigenvalue weighted by atomic mass is 10.1. The Kier molecular flexibility index (Phi) is 3.15. The molecular formula is C13H13N2O. The highest BCUT2D eigenvalue weighted by molar-refractivity contribution is 5.63. The summed E-state index contributed by atoms with van der Waals surface area (Å²) in [4.78, 5) is 8.11. The van der Waals surface area contributed by atoms with Gasteiger partial charge < -0.3 is 4.74 Å². The van der Waals surface area contributed by atoms with Crippen LogP contribution in [-0.2, 0) is 6.42 Å². The van der Waals surface area contributed by atoms with Crippen LogP contribution in [0.25, 0.3) is 11.3 Å². The van der Waals surface area contributed by atoms with Crippen molar-refractivity contribution in [2.75, 3.05) is 7.11 Å². The smallest absolute Gasteiger partial charge is 0.198 e. The van der Waals surface area contributed by atoms with Gasteiger partial charge in [0.15, 0.2) is 6.33 Å². The second-order valence-corrected chi connectivity index (χ2v) is 3.43. The van der Waals surface area contributed by atoms with Gasteiger partial charge in [0.05, 0.1) is 12.8 Å². The highest BCUT2D eigenvalue weighted by Crippen LogP contribution is 2.23. The lowest BCUT2D eigenvalue weighted by Gasteiger charge is -2.06. The van der Waals surface area contributed by atoms with Gasteiger partial charge in [-0.3, -0.25) is 0 Å². The Morgan fingerprint density at radius 1 is 1.25 bits per heavy atom. The van der Waals surface area contributed by atoms with Crippen molar-refractivity contribution in [3.8, 4) is 17.0 Å². The predicted octanol–water partition coefficient (Wildman–Crippen LogP) is 2.51. The number of methoxy groups -OCH3 is 1.